The fraction of sp³-hybridized carbons (Fsp3) is 0.480. The van der Waals surface area contributed by atoms with E-state index in [-0.39, 0.29) is 25.0 Å². The fourth-order valence-electron chi connectivity index (χ4n) is 4.61. The van der Waals surface area contributed by atoms with Gasteiger partial charge in [-0.05, 0) is 58.7 Å². The summed E-state index contributed by atoms with van der Waals surface area (Å²) in [6.07, 6.45) is 2.19. The second-order valence-electron chi connectivity index (χ2n) is 9.70. The lowest BCUT2D eigenvalue weighted by molar-refractivity contribution is 0.0699. The third-order valence-electron chi connectivity index (χ3n) is 6.76. The van der Waals surface area contributed by atoms with Crippen LogP contribution in [-0.4, -0.2) is 64.5 Å². The Morgan fingerprint density at radius 2 is 1.68 bits per heavy atom. The van der Waals surface area contributed by atoms with Gasteiger partial charge in [0.15, 0.2) is 5.65 Å². The van der Waals surface area contributed by atoms with Gasteiger partial charge in [-0.1, -0.05) is 17.7 Å². The largest absolute Gasteiger partial charge is 0.336 e. The number of pyridine rings is 1. The number of rotatable bonds is 5. The molecule has 1 aromatic carbocycles. The number of fused-ring (bicyclic) bond motifs is 1. The van der Waals surface area contributed by atoms with E-state index in [1.807, 2.05) is 24.6 Å². The first-order chi connectivity index (χ1) is 16.2. The van der Waals surface area contributed by atoms with Crippen LogP contribution in [0.4, 0.5) is 0 Å². The van der Waals surface area contributed by atoms with Crippen molar-refractivity contribution in [3.8, 4) is 0 Å². The molecule has 0 bridgehead atoms. The van der Waals surface area contributed by atoms with Crippen LogP contribution in [0.15, 0.2) is 35.2 Å². The van der Waals surface area contributed by atoms with E-state index >= 15 is 0 Å². The molecular weight excluding hydrogens is 450 g/mol. The molecule has 0 spiro atoms. The predicted octanol–water partition coefficient (Wildman–Crippen LogP) is 3.65. The number of hydrogen-bond donors (Lipinski definition) is 0. The summed E-state index contributed by atoms with van der Waals surface area (Å²) >= 11 is 0. The van der Waals surface area contributed by atoms with E-state index in [1.54, 1.807) is 29.2 Å². The molecule has 2 aliphatic rings. The van der Waals surface area contributed by atoms with E-state index in [9.17, 15) is 13.2 Å². The van der Waals surface area contributed by atoms with Gasteiger partial charge in [-0.25, -0.2) is 18.1 Å². The van der Waals surface area contributed by atoms with Crippen LogP contribution in [0.2, 0.25) is 0 Å². The van der Waals surface area contributed by atoms with E-state index in [0.29, 0.717) is 29.5 Å². The molecule has 0 atom stereocenters. The molecule has 2 aromatic heterocycles. The van der Waals surface area contributed by atoms with E-state index in [1.165, 1.54) is 4.31 Å². The van der Waals surface area contributed by atoms with Crippen LogP contribution in [0.25, 0.3) is 11.0 Å². The normalized spacial score (nSPS) is 17.6. The monoisotopic (exact) mass is 481 g/mol. The van der Waals surface area contributed by atoms with Gasteiger partial charge in [0.1, 0.15) is 0 Å². The first-order valence-electron chi connectivity index (χ1n) is 11.9. The standard InChI is InChI=1S/C25H31N5O3S/c1-16(2)30-24-23(18(4)27-30)21(15-22(26-24)19-7-8-19)25(31)28-11-13-29(14-12-28)34(32,33)20-9-5-17(3)6-10-20/h5-6,9-10,15-16,19H,7-8,11-14H2,1-4H3. The molecule has 0 N–H and O–H groups in total. The Bertz CT molecular complexity index is 1350. The molecule has 1 amide bonds. The Labute approximate surface area is 200 Å². The van der Waals surface area contributed by atoms with Crippen molar-refractivity contribution in [3.05, 3.63) is 52.8 Å². The smallest absolute Gasteiger partial charge is 0.254 e. The van der Waals surface area contributed by atoms with Crippen LogP contribution in [0.3, 0.4) is 0 Å². The molecule has 1 aliphatic carbocycles. The minimum atomic E-state index is -3.58. The summed E-state index contributed by atoms with van der Waals surface area (Å²) in [6, 6.07) is 8.97. The van der Waals surface area contributed by atoms with Crippen molar-refractivity contribution in [2.45, 2.75) is 57.4 Å². The Kier molecular flexibility index (Phi) is 5.72. The minimum Gasteiger partial charge on any atom is -0.336 e. The Hall–Kier alpha value is -2.78. The number of carbonyl (C=O) groups excluding carboxylic acids is 1. The molecule has 5 rings (SSSR count). The summed E-state index contributed by atoms with van der Waals surface area (Å²) in [5.41, 5.74) is 4.16. The molecule has 0 unspecified atom stereocenters. The van der Waals surface area contributed by atoms with Gasteiger partial charge in [0.05, 0.1) is 21.5 Å². The van der Waals surface area contributed by atoms with Crippen LogP contribution < -0.4 is 0 Å². The molecule has 34 heavy (non-hydrogen) atoms. The number of aryl methyl sites for hydroxylation is 2. The lowest BCUT2D eigenvalue weighted by Crippen LogP contribution is -2.50. The van der Waals surface area contributed by atoms with Crippen molar-refractivity contribution in [2.75, 3.05) is 26.2 Å². The average molecular weight is 482 g/mol. The van der Waals surface area contributed by atoms with Crippen molar-refractivity contribution < 1.29 is 13.2 Å². The summed E-state index contributed by atoms with van der Waals surface area (Å²) in [4.78, 5) is 20.6. The molecular formula is C25H31N5O3S. The zero-order valence-corrected chi connectivity index (χ0v) is 21.0. The van der Waals surface area contributed by atoms with Gasteiger partial charge in [0.25, 0.3) is 5.91 Å². The van der Waals surface area contributed by atoms with Gasteiger partial charge < -0.3 is 4.90 Å². The third-order valence-corrected chi connectivity index (χ3v) is 8.67. The Morgan fingerprint density at radius 1 is 1.03 bits per heavy atom. The van der Waals surface area contributed by atoms with Crippen LogP contribution >= 0.6 is 0 Å². The molecule has 2 fully saturated rings. The zero-order chi connectivity index (χ0) is 24.2. The van der Waals surface area contributed by atoms with E-state index in [2.05, 4.69) is 18.9 Å². The lowest BCUT2D eigenvalue weighted by atomic mass is 10.1. The molecule has 180 valence electrons. The zero-order valence-electron chi connectivity index (χ0n) is 20.2. The maximum Gasteiger partial charge on any atom is 0.254 e. The number of nitrogens with zero attached hydrogens (tertiary/aromatic N) is 5. The van der Waals surface area contributed by atoms with E-state index in [4.69, 9.17) is 4.98 Å². The van der Waals surface area contributed by atoms with Gasteiger partial charge in [-0.15, -0.1) is 0 Å². The maximum atomic E-state index is 13.7. The maximum absolute atomic E-state index is 13.7. The molecule has 1 saturated heterocycles. The van der Waals surface area contributed by atoms with Gasteiger partial charge in [0.2, 0.25) is 10.0 Å². The number of amides is 1. The first-order valence-corrected chi connectivity index (χ1v) is 13.4. The molecule has 8 nitrogen and oxygen atoms in total. The highest BCUT2D eigenvalue weighted by Crippen LogP contribution is 2.41. The van der Waals surface area contributed by atoms with E-state index < -0.39 is 10.0 Å². The minimum absolute atomic E-state index is 0.0758. The third kappa shape index (κ3) is 4.01. The van der Waals surface area contributed by atoms with Crippen molar-refractivity contribution in [3.63, 3.8) is 0 Å². The summed E-state index contributed by atoms with van der Waals surface area (Å²) in [7, 11) is -3.58. The highest BCUT2D eigenvalue weighted by Gasteiger charge is 2.33. The fourth-order valence-corrected chi connectivity index (χ4v) is 6.03. The van der Waals surface area contributed by atoms with Gasteiger partial charge in [-0.2, -0.15) is 9.40 Å². The molecule has 1 saturated carbocycles. The predicted molar refractivity (Wildman–Crippen MR) is 130 cm³/mol. The van der Waals surface area contributed by atoms with Gasteiger partial charge in [-0.3, -0.25) is 4.79 Å². The first kappa shape index (κ1) is 23.0. The number of carbonyl (C=O) groups is 1. The van der Waals surface area contributed by atoms with Crippen molar-refractivity contribution in [1.82, 2.24) is 24.0 Å². The van der Waals surface area contributed by atoms with Crippen LogP contribution in [-0.2, 0) is 10.0 Å². The number of benzene rings is 1. The number of aromatic nitrogens is 3. The topological polar surface area (TPSA) is 88.4 Å². The van der Waals surface area contributed by atoms with Crippen LogP contribution in [0.5, 0.6) is 0 Å². The SMILES string of the molecule is Cc1ccc(S(=O)(=O)N2CCN(C(=O)c3cc(C4CC4)nc4c3c(C)nn4C(C)C)CC2)cc1. The molecule has 3 aromatic rings. The highest BCUT2D eigenvalue weighted by molar-refractivity contribution is 7.89. The van der Waals surface area contributed by atoms with Crippen molar-refractivity contribution in [2.24, 2.45) is 0 Å². The molecule has 9 heteroatoms. The Balaban J connectivity index is 1.42. The summed E-state index contributed by atoms with van der Waals surface area (Å²) in [5, 5.41) is 5.48. The summed E-state index contributed by atoms with van der Waals surface area (Å²) in [6.45, 7) is 9.22. The highest BCUT2D eigenvalue weighted by atomic mass is 32.2. The number of hydrogen-bond acceptors (Lipinski definition) is 5. The average Bonchev–Trinajstić information content (AvgIpc) is 3.62. The molecule has 0 radical (unpaired) electrons. The molecule has 1 aliphatic heterocycles. The second-order valence-corrected chi connectivity index (χ2v) is 11.6. The Morgan fingerprint density at radius 3 is 2.26 bits per heavy atom. The second kappa shape index (κ2) is 8.46. The van der Waals surface area contributed by atoms with Crippen LogP contribution in [0.1, 0.15) is 66.0 Å². The summed E-state index contributed by atoms with van der Waals surface area (Å²) in [5.74, 6) is 0.330. The van der Waals surface area contributed by atoms with E-state index in [0.717, 1.165) is 40.8 Å². The number of sulfonamides is 1. The number of piperazine rings is 1. The quantitative estimate of drug-likeness (QED) is 0.555. The van der Waals surface area contributed by atoms with Gasteiger partial charge in [0, 0.05) is 43.8 Å². The summed E-state index contributed by atoms with van der Waals surface area (Å²) < 4.78 is 29.5. The lowest BCUT2D eigenvalue weighted by Gasteiger charge is -2.34. The van der Waals surface area contributed by atoms with Crippen molar-refractivity contribution in [1.29, 1.82) is 0 Å². The van der Waals surface area contributed by atoms with Crippen LogP contribution in [0, 0.1) is 13.8 Å². The van der Waals surface area contributed by atoms with Crippen molar-refractivity contribution >= 4 is 27.0 Å². The van der Waals surface area contributed by atoms with Gasteiger partial charge >= 0.3 is 0 Å². The molecule has 3 heterocycles.